The fourth-order valence-electron chi connectivity index (χ4n) is 3.76. The summed E-state index contributed by atoms with van der Waals surface area (Å²) in [6.07, 6.45) is 0. The summed E-state index contributed by atoms with van der Waals surface area (Å²) in [5, 5.41) is 31.4. The molecule has 10 heteroatoms. The number of aromatic nitrogens is 2. The molecule has 5 N–H and O–H groups in total. The van der Waals surface area contributed by atoms with Crippen molar-refractivity contribution in [2.75, 3.05) is 0 Å². The van der Waals surface area contributed by atoms with Gasteiger partial charge in [0.15, 0.2) is 0 Å². The average molecular weight is 485 g/mol. The van der Waals surface area contributed by atoms with Gasteiger partial charge in [0.2, 0.25) is 0 Å². The number of halogens is 1. The Morgan fingerprint density at radius 1 is 0.818 bits per heavy atom. The van der Waals surface area contributed by atoms with Crippen molar-refractivity contribution in [3.8, 4) is 39.8 Å². The number of nitrogens with zero attached hydrogens (tertiary/aromatic N) is 1. The van der Waals surface area contributed by atoms with Crippen LogP contribution in [0.5, 0.6) is 17.2 Å². The Labute approximate surface area is 194 Å². The third-order valence-electron chi connectivity index (χ3n) is 5.25. The summed E-state index contributed by atoms with van der Waals surface area (Å²) >= 11 is 0. The summed E-state index contributed by atoms with van der Waals surface area (Å²) in [6, 6.07) is 17.2. The molecule has 0 aliphatic rings. The number of hydrogen-bond donors (Lipinski definition) is 5. The molecule has 0 saturated heterocycles. The standard InChI is InChI=1S/C23H16N2O6S.ClH/c26-15-3-1-2-12(8-15)13-4-6-17(19(27)10-13)23-24-18-7-5-14-9-16(32(29,30)31)11-20(28)21(14)22(18)25-23;/h1-11,26-28H,(H,24,25)(H,29,30,31);1H. The van der Waals surface area contributed by atoms with Crippen LogP contribution in [0.4, 0.5) is 0 Å². The van der Waals surface area contributed by atoms with Gasteiger partial charge in [0, 0.05) is 6.07 Å². The molecule has 5 rings (SSSR count). The van der Waals surface area contributed by atoms with Crippen molar-refractivity contribution in [3.05, 3.63) is 66.7 Å². The van der Waals surface area contributed by atoms with E-state index in [1.807, 2.05) is 6.07 Å². The van der Waals surface area contributed by atoms with Gasteiger partial charge in [0.25, 0.3) is 10.1 Å². The maximum atomic E-state index is 11.4. The molecular formula is C23H17ClN2O6S. The van der Waals surface area contributed by atoms with E-state index in [0.717, 1.165) is 11.6 Å². The zero-order valence-electron chi connectivity index (χ0n) is 16.7. The number of aromatic amines is 1. The summed E-state index contributed by atoms with van der Waals surface area (Å²) in [4.78, 5) is 7.19. The van der Waals surface area contributed by atoms with Crippen LogP contribution in [-0.2, 0) is 10.1 Å². The number of phenolic OH excluding ortho intramolecular Hbond substituents is 3. The molecule has 168 valence electrons. The van der Waals surface area contributed by atoms with Crippen LogP contribution >= 0.6 is 12.4 Å². The first-order valence-electron chi connectivity index (χ1n) is 9.46. The predicted molar refractivity (Wildman–Crippen MR) is 127 cm³/mol. The molecule has 0 amide bonds. The molecule has 0 bridgehead atoms. The first-order chi connectivity index (χ1) is 15.2. The van der Waals surface area contributed by atoms with E-state index in [2.05, 4.69) is 9.97 Å². The van der Waals surface area contributed by atoms with Crippen LogP contribution in [0.25, 0.3) is 44.3 Å². The molecule has 0 atom stereocenters. The Morgan fingerprint density at radius 2 is 1.58 bits per heavy atom. The maximum absolute atomic E-state index is 11.4. The van der Waals surface area contributed by atoms with Crippen molar-refractivity contribution < 1.29 is 28.3 Å². The fraction of sp³-hybridized carbons (Fsp3) is 0. The lowest BCUT2D eigenvalue weighted by molar-refractivity contribution is 0.471. The van der Waals surface area contributed by atoms with Gasteiger partial charge >= 0.3 is 0 Å². The third kappa shape index (κ3) is 3.93. The summed E-state index contributed by atoms with van der Waals surface area (Å²) in [5.41, 5.74) is 2.82. The van der Waals surface area contributed by atoms with Crippen LogP contribution < -0.4 is 0 Å². The number of phenols is 3. The van der Waals surface area contributed by atoms with Gasteiger partial charge in [-0.15, -0.1) is 12.4 Å². The highest BCUT2D eigenvalue weighted by atomic mass is 35.5. The Bertz CT molecular complexity index is 1650. The van der Waals surface area contributed by atoms with Crippen molar-refractivity contribution in [2.24, 2.45) is 0 Å². The van der Waals surface area contributed by atoms with Crippen LogP contribution in [-0.4, -0.2) is 38.3 Å². The highest BCUT2D eigenvalue weighted by molar-refractivity contribution is 7.85. The summed E-state index contributed by atoms with van der Waals surface area (Å²) < 4.78 is 32.2. The van der Waals surface area contributed by atoms with E-state index in [-0.39, 0.29) is 29.7 Å². The van der Waals surface area contributed by atoms with E-state index in [1.54, 1.807) is 48.5 Å². The van der Waals surface area contributed by atoms with Gasteiger partial charge in [0.1, 0.15) is 28.6 Å². The quantitative estimate of drug-likeness (QED) is 0.230. The molecule has 1 heterocycles. The topological polar surface area (TPSA) is 144 Å². The second-order valence-electron chi connectivity index (χ2n) is 7.34. The molecule has 0 radical (unpaired) electrons. The second-order valence-corrected chi connectivity index (χ2v) is 8.77. The van der Waals surface area contributed by atoms with Gasteiger partial charge in [-0.2, -0.15) is 8.42 Å². The monoisotopic (exact) mass is 484 g/mol. The number of imidazole rings is 1. The fourth-order valence-corrected chi connectivity index (χ4v) is 4.29. The zero-order valence-corrected chi connectivity index (χ0v) is 18.4. The number of nitrogens with one attached hydrogen (secondary N) is 1. The van der Waals surface area contributed by atoms with Crippen LogP contribution in [0, 0.1) is 0 Å². The van der Waals surface area contributed by atoms with E-state index in [9.17, 15) is 28.3 Å². The van der Waals surface area contributed by atoms with Gasteiger partial charge in [-0.1, -0.05) is 24.3 Å². The Hall–Kier alpha value is -3.79. The van der Waals surface area contributed by atoms with E-state index in [1.165, 1.54) is 6.07 Å². The van der Waals surface area contributed by atoms with Crippen LogP contribution in [0.15, 0.2) is 71.6 Å². The molecule has 33 heavy (non-hydrogen) atoms. The number of fused-ring (bicyclic) bond motifs is 3. The number of H-pyrrole nitrogens is 1. The minimum atomic E-state index is -4.48. The molecule has 0 fully saturated rings. The minimum Gasteiger partial charge on any atom is -0.508 e. The van der Waals surface area contributed by atoms with Crippen molar-refractivity contribution in [1.29, 1.82) is 0 Å². The van der Waals surface area contributed by atoms with Crippen molar-refractivity contribution in [1.82, 2.24) is 9.97 Å². The first kappa shape index (κ1) is 22.4. The van der Waals surface area contributed by atoms with Crippen molar-refractivity contribution in [3.63, 3.8) is 0 Å². The second kappa shape index (κ2) is 7.96. The molecule has 4 aromatic carbocycles. The van der Waals surface area contributed by atoms with E-state index < -0.39 is 15.0 Å². The van der Waals surface area contributed by atoms with Crippen molar-refractivity contribution >= 4 is 44.3 Å². The summed E-state index contributed by atoms with van der Waals surface area (Å²) in [6.45, 7) is 0. The minimum absolute atomic E-state index is 0. The highest BCUT2D eigenvalue weighted by Crippen LogP contribution is 2.37. The molecule has 0 aliphatic carbocycles. The number of hydrogen-bond acceptors (Lipinski definition) is 6. The lowest BCUT2D eigenvalue weighted by atomic mass is 10.0. The Kier molecular flexibility index (Phi) is 5.41. The molecule has 0 unspecified atom stereocenters. The van der Waals surface area contributed by atoms with E-state index in [4.69, 9.17) is 0 Å². The molecule has 5 aromatic rings. The van der Waals surface area contributed by atoms with Gasteiger partial charge in [-0.3, -0.25) is 4.55 Å². The van der Waals surface area contributed by atoms with Crippen molar-refractivity contribution in [2.45, 2.75) is 4.90 Å². The number of aromatic hydroxyl groups is 3. The average Bonchev–Trinajstić information content (AvgIpc) is 3.16. The smallest absolute Gasteiger partial charge is 0.294 e. The van der Waals surface area contributed by atoms with Gasteiger partial charge < -0.3 is 20.3 Å². The molecule has 0 aliphatic heterocycles. The third-order valence-corrected chi connectivity index (χ3v) is 6.08. The molecule has 0 saturated carbocycles. The lowest BCUT2D eigenvalue weighted by Crippen LogP contribution is -1.97. The van der Waals surface area contributed by atoms with Crippen LogP contribution in [0.2, 0.25) is 0 Å². The maximum Gasteiger partial charge on any atom is 0.294 e. The van der Waals surface area contributed by atoms with Gasteiger partial charge in [-0.25, -0.2) is 4.98 Å². The van der Waals surface area contributed by atoms with Crippen LogP contribution in [0.1, 0.15) is 0 Å². The molecule has 0 spiro atoms. The zero-order chi connectivity index (χ0) is 22.6. The van der Waals surface area contributed by atoms with Crippen LogP contribution in [0.3, 0.4) is 0 Å². The Morgan fingerprint density at radius 3 is 2.27 bits per heavy atom. The number of benzene rings is 4. The number of rotatable bonds is 3. The van der Waals surface area contributed by atoms with E-state index in [0.29, 0.717) is 38.8 Å². The predicted octanol–water partition coefficient (Wildman–Crippen LogP) is 4.84. The van der Waals surface area contributed by atoms with E-state index >= 15 is 0 Å². The summed E-state index contributed by atoms with van der Waals surface area (Å²) in [5.74, 6) is 0.0900. The molecule has 8 nitrogen and oxygen atoms in total. The van der Waals surface area contributed by atoms with Gasteiger partial charge in [0.05, 0.1) is 21.4 Å². The normalized spacial score (nSPS) is 11.5. The summed E-state index contributed by atoms with van der Waals surface area (Å²) in [7, 11) is -4.48. The SMILES string of the molecule is Cl.O=S(=O)(O)c1cc(O)c2c(ccc3[nH]c(-c4ccc(-c5cccc(O)c5)cc4O)nc32)c1. The Balaban J connectivity index is 0.00000259. The lowest BCUT2D eigenvalue weighted by Gasteiger charge is -2.06. The molecule has 1 aromatic heterocycles. The molecular weight excluding hydrogens is 468 g/mol. The first-order valence-corrected chi connectivity index (χ1v) is 10.9. The highest BCUT2D eigenvalue weighted by Gasteiger charge is 2.18. The largest absolute Gasteiger partial charge is 0.508 e. The van der Waals surface area contributed by atoms with Gasteiger partial charge in [-0.05, 0) is 52.9 Å².